The highest BCUT2D eigenvalue weighted by Gasteiger charge is 2.33. The monoisotopic (exact) mass is 619 g/mol. The summed E-state index contributed by atoms with van der Waals surface area (Å²) in [5.74, 6) is -0.951. The van der Waals surface area contributed by atoms with Crippen LogP contribution in [-0.4, -0.2) is 83.9 Å². The summed E-state index contributed by atoms with van der Waals surface area (Å²) in [5, 5.41) is 0.188. The van der Waals surface area contributed by atoms with Gasteiger partial charge in [-0.05, 0) is 36.8 Å². The SMILES string of the molecule is C=CC(=O)N1CCN(c2nc(=O)n(-c3c(C4COC4)cccc3S(C)(=O)=O)c3nc(-c4ccncc4N)c(F)cc23)[C@@H](C)C1. The Labute approximate surface area is 252 Å². The van der Waals surface area contributed by atoms with Crippen molar-refractivity contribution >= 4 is 38.3 Å². The molecule has 2 aliphatic rings. The second kappa shape index (κ2) is 11.1. The van der Waals surface area contributed by atoms with Gasteiger partial charge in [-0.15, -0.1) is 0 Å². The molecule has 2 saturated heterocycles. The molecule has 4 aromatic rings. The van der Waals surface area contributed by atoms with Gasteiger partial charge in [0.1, 0.15) is 17.3 Å². The molecule has 1 amide bonds. The van der Waals surface area contributed by atoms with E-state index in [1.165, 1.54) is 36.7 Å². The molecule has 3 aromatic heterocycles. The molecule has 14 heteroatoms. The van der Waals surface area contributed by atoms with Crippen LogP contribution in [0.1, 0.15) is 18.4 Å². The van der Waals surface area contributed by atoms with Gasteiger partial charge in [0, 0.05) is 49.6 Å². The molecule has 0 radical (unpaired) electrons. The third kappa shape index (κ3) is 4.99. The van der Waals surface area contributed by atoms with Gasteiger partial charge in [-0.25, -0.2) is 27.2 Å². The number of anilines is 2. The number of fused-ring (bicyclic) bond motifs is 1. The topological polar surface area (TPSA) is 154 Å². The second-order valence-corrected chi connectivity index (χ2v) is 12.9. The van der Waals surface area contributed by atoms with E-state index in [-0.39, 0.29) is 62.2 Å². The molecule has 0 unspecified atom stereocenters. The number of aromatic nitrogens is 4. The summed E-state index contributed by atoms with van der Waals surface area (Å²) in [5.41, 5.74) is 6.30. The van der Waals surface area contributed by atoms with Gasteiger partial charge < -0.3 is 20.3 Å². The molecular weight excluding hydrogens is 589 g/mol. The zero-order valence-corrected chi connectivity index (χ0v) is 24.9. The third-order valence-corrected chi connectivity index (χ3v) is 9.15. The first kappa shape index (κ1) is 29.4. The Balaban J connectivity index is 1.67. The summed E-state index contributed by atoms with van der Waals surface area (Å²) >= 11 is 0. The number of halogens is 1. The maximum absolute atomic E-state index is 16.0. The average molecular weight is 620 g/mol. The zero-order valence-electron chi connectivity index (χ0n) is 24.1. The van der Waals surface area contributed by atoms with Crippen molar-refractivity contribution in [3.63, 3.8) is 0 Å². The molecule has 0 aliphatic carbocycles. The molecule has 6 rings (SSSR count). The van der Waals surface area contributed by atoms with Gasteiger partial charge in [0.2, 0.25) is 5.91 Å². The minimum absolute atomic E-state index is 0.00185. The predicted octanol–water partition coefficient (Wildman–Crippen LogP) is 2.30. The standard InChI is InChI=1S/C30H30FN7O5S/c1-4-25(39)36-10-11-37(17(2)14-36)28-21-12-22(31)26(20-8-9-33-13-23(20)32)34-29(21)38(30(40)35-28)27-19(18-15-43-16-18)6-5-7-24(27)44(3,41)42/h4-9,12-13,17-18H,1,10-11,14-16,32H2,2-3H3/t17-/m0/s1. The minimum atomic E-state index is -3.85. The van der Waals surface area contributed by atoms with Crippen LogP contribution >= 0.6 is 0 Å². The third-order valence-electron chi connectivity index (χ3n) is 8.03. The number of para-hydroxylation sites is 1. The highest BCUT2D eigenvalue weighted by molar-refractivity contribution is 7.90. The Morgan fingerprint density at radius 2 is 1.98 bits per heavy atom. The summed E-state index contributed by atoms with van der Waals surface area (Å²) in [6, 6.07) is 7.22. The molecule has 2 fully saturated rings. The molecular formula is C30H30FN7O5S. The van der Waals surface area contributed by atoms with Gasteiger partial charge >= 0.3 is 5.69 Å². The van der Waals surface area contributed by atoms with Crippen LogP contribution in [0.4, 0.5) is 15.9 Å². The lowest BCUT2D eigenvalue weighted by Crippen LogP contribution is -2.54. The molecule has 5 heterocycles. The maximum atomic E-state index is 16.0. The summed E-state index contributed by atoms with van der Waals surface area (Å²) in [4.78, 5) is 42.8. The lowest BCUT2D eigenvalue weighted by atomic mass is 9.95. The highest BCUT2D eigenvalue weighted by atomic mass is 32.2. The van der Waals surface area contributed by atoms with E-state index in [0.717, 1.165) is 10.8 Å². The highest BCUT2D eigenvalue weighted by Crippen LogP contribution is 2.37. The molecule has 0 bridgehead atoms. The van der Waals surface area contributed by atoms with Gasteiger partial charge in [0.15, 0.2) is 15.5 Å². The van der Waals surface area contributed by atoms with Gasteiger partial charge in [0.05, 0.1) is 41.1 Å². The van der Waals surface area contributed by atoms with Gasteiger partial charge in [-0.2, -0.15) is 4.98 Å². The average Bonchev–Trinajstić information content (AvgIpc) is 2.95. The summed E-state index contributed by atoms with van der Waals surface area (Å²) in [7, 11) is -3.85. The van der Waals surface area contributed by atoms with Crippen molar-refractivity contribution in [1.29, 1.82) is 0 Å². The minimum Gasteiger partial charge on any atom is -0.397 e. The Kier molecular flexibility index (Phi) is 7.41. The number of pyridine rings is 2. The van der Waals surface area contributed by atoms with Crippen molar-refractivity contribution in [3.8, 4) is 16.9 Å². The molecule has 0 spiro atoms. The van der Waals surface area contributed by atoms with Crippen LogP contribution in [0.2, 0.25) is 0 Å². The van der Waals surface area contributed by atoms with E-state index in [1.807, 2.05) is 11.8 Å². The molecule has 12 nitrogen and oxygen atoms in total. The largest absolute Gasteiger partial charge is 0.397 e. The first-order valence-corrected chi connectivity index (χ1v) is 15.8. The maximum Gasteiger partial charge on any atom is 0.355 e. The number of amides is 1. The molecule has 0 saturated carbocycles. The van der Waals surface area contributed by atoms with E-state index >= 15 is 4.39 Å². The van der Waals surface area contributed by atoms with Gasteiger partial charge in [-0.1, -0.05) is 18.7 Å². The lowest BCUT2D eigenvalue weighted by molar-refractivity contribution is -0.126. The fourth-order valence-corrected chi connectivity index (χ4v) is 6.65. The van der Waals surface area contributed by atoms with Crippen LogP contribution in [0.15, 0.2) is 65.1 Å². The molecule has 1 aromatic carbocycles. The number of rotatable bonds is 6. The van der Waals surface area contributed by atoms with E-state index in [0.29, 0.717) is 38.4 Å². The Morgan fingerprint density at radius 3 is 2.61 bits per heavy atom. The van der Waals surface area contributed by atoms with E-state index in [9.17, 15) is 18.0 Å². The molecule has 44 heavy (non-hydrogen) atoms. The summed E-state index contributed by atoms with van der Waals surface area (Å²) in [6.07, 6.45) is 5.11. The molecule has 228 valence electrons. The first-order chi connectivity index (χ1) is 21.0. The number of hydrogen-bond donors (Lipinski definition) is 1. The van der Waals surface area contributed by atoms with Crippen LogP contribution in [0.25, 0.3) is 28.0 Å². The Morgan fingerprint density at radius 1 is 1.20 bits per heavy atom. The summed E-state index contributed by atoms with van der Waals surface area (Å²) in [6.45, 7) is 7.05. The number of ether oxygens (including phenoxy) is 1. The van der Waals surface area contributed by atoms with Crippen molar-refractivity contribution in [1.82, 2.24) is 24.4 Å². The fraction of sp³-hybridized carbons (Fsp3) is 0.300. The summed E-state index contributed by atoms with van der Waals surface area (Å²) < 4.78 is 48.7. The van der Waals surface area contributed by atoms with E-state index < -0.39 is 21.3 Å². The number of nitrogens with two attached hydrogens (primary N) is 1. The van der Waals surface area contributed by atoms with E-state index in [4.69, 9.17) is 10.5 Å². The van der Waals surface area contributed by atoms with Gasteiger partial charge in [0.25, 0.3) is 0 Å². The van der Waals surface area contributed by atoms with Crippen LogP contribution < -0.4 is 16.3 Å². The number of piperazine rings is 1. The van der Waals surface area contributed by atoms with E-state index in [1.54, 1.807) is 17.0 Å². The number of nitrogens with zero attached hydrogens (tertiary/aromatic N) is 6. The Bertz CT molecular complexity index is 1990. The van der Waals surface area contributed by atoms with E-state index in [2.05, 4.69) is 21.5 Å². The smallest absolute Gasteiger partial charge is 0.355 e. The number of nitrogen functional groups attached to an aromatic ring is 1. The second-order valence-electron chi connectivity index (χ2n) is 10.9. The first-order valence-electron chi connectivity index (χ1n) is 13.9. The van der Waals surface area contributed by atoms with Crippen LogP contribution in [0.3, 0.4) is 0 Å². The molecule has 2 aliphatic heterocycles. The van der Waals surface area contributed by atoms with Crippen molar-refractivity contribution in [2.45, 2.75) is 23.8 Å². The number of sulfone groups is 1. The zero-order chi connectivity index (χ0) is 31.3. The van der Waals surface area contributed by atoms with Crippen LogP contribution in [0.5, 0.6) is 0 Å². The van der Waals surface area contributed by atoms with Crippen molar-refractivity contribution in [3.05, 3.63) is 77.2 Å². The van der Waals surface area contributed by atoms with Crippen LogP contribution in [0, 0.1) is 5.82 Å². The predicted molar refractivity (Wildman–Crippen MR) is 163 cm³/mol. The molecule has 1 atom stereocenters. The number of carbonyl (C=O) groups excluding carboxylic acids is 1. The Hall–Kier alpha value is -4.69. The number of hydrogen-bond acceptors (Lipinski definition) is 10. The lowest BCUT2D eigenvalue weighted by Gasteiger charge is -2.40. The van der Waals surface area contributed by atoms with Gasteiger partial charge in [-0.3, -0.25) is 9.78 Å². The van der Waals surface area contributed by atoms with Crippen molar-refractivity contribution < 1.29 is 22.3 Å². The van der Waals surface area contributed by atoms with Crippen molar-refractivity contribution in [2.75, 3.05) is 49.7 Å². The van der Waals surface area contributed by atoms with Crippen LogP contribution in [-0.2, 0) is 19.4 Å². The normalized spacial score (nSPS) is 17.5. The number of carbonyl (C=O) groups is 1. The number of benzene rings is 1. The molecule has 2 N–H and O–H groups in total. The quantitative estimate of drug-likeness (QED) is 0.318. The van der Waals surface area contributed by atoms with Crippen molar-refractivity contribution in [2.24, 2.45) is 0 Å². The fourth-order valence-electron chi connectivity index (χ4n) is 5.76.